The van der Waals surface area contributed by atoms with Crippen molar-refractivity contribution in [1.82, 2.24) is 0 Å². The van der Waals surface area contributed by atoms with Crippen LogP contribution in [0.15, 0.2) is 60.8 Å². The third-order valence-corrected chi connectivity index (χ3v) is 9.02. The Morgan fingerprint density at radius 3 is 1.15 bits per heavy atom. The summed E-state index contributed by atoms with van der Waals surface area (Å²) >= 11 is 0. The van der Waals surface area contributed by atoms with Gasteiger partial charge in [0.1, 0.15) is 13.2 Å². The Bertz CT molecular complexity index is 991. The van der Waals surface area contributed by atoms with E-state index in [2.05, 4.69) is 81.5 Å². The summed E-state index contributed by atoms with van der Waals surface area (Å²) in [6.07, 6.45) is 49.2. The smallest absolute Gasteiger partial charge is 0.306 e. The molecule has 0 aromatic rings. The zero-order valence-electron chi connectivity index (χ0n) is 34.5. The summed E-state index contributed by atoms with van der Waals surface area (Å²) in [6, 6.07) is 0. The summed E-state index contributed by atoms with van der Waals surface area (Å²) < 4.78 is 16.6. The maximum atomic E-state index is 12.7. The zero-order valence-corrected chi connectivity index (χ0v) is 34.5. The number of ether oxygens (including phenoxy) is 3. The summed E-state index contributed by atoms with van der Waals surface area (Å²) in [6.45, 7) is 6.34. The standard InChI is InChI=1S/C47H80O6/c1-4-7-10-13-16-19-21-23-24-26-28-31-34-37-40-46(49)52-43-44(42-51-45(48)39-36-33-30-27-18-15-12-9-6-3)53-47(50)41-38-35-32-29-25-22-20-17-14-11-8-5-2/h7-8,10-11,16-17,19-20,23-24,44H,4-6,9,12-15,18,21-22,25-43H2,1-3H3/b10-7-,11-8-,19-16-,20-17-,24-23-. The Morgan fingerprint density at radius 2 is 0.736 bits per heavy atom. The predicted molar refractivity (Wildman–Crippen MR) is 224 cm³/mol. The minimum Gasteiger partial charge on any atom is -0.462 e. The first kappa shape index (κ1) is 50.1. The van der Waals surface area contributed by atoms with Crippen molar-refractivity contribution >= 4 is 17.9 Å². The van der Waals surface area contributed by atoms with Crippen LogP contribution in [0.1, 0.15) is 201 Å². The van der Waals surface area contributed by atoms with Gasteiger partial charge in [-0.05, 0) is 77.0 Å². The molecule has 0 aliphatic rings. The highest BCUT2D eigenvalue weighted by molar-refractivity contribution is 5.71. The number of unbranched alkanes of at least 4 members (excludes halogenated alkanes) is 17. The van der Waals surface area contributed by atoms with E-state index >= 15 is 0 Å². The highest BCUT2D eigenvalue weighted by Gasteiger charge is 2.19. The molecule has 6 nitrogen and oxygen atoms in total. The fourth-order valence-electron chi connectivity index (χ4n) is 5.79. The van der Waals surface area contributed by atoms with Gasteiger partial charge in [-0.3, -0.25) is 14.4 Å². The molecule has 0 N–H and O–H groups in total. The number of carbonyl (C=O) groups is 3. The van der Waals surface area contributed by atoms with Crippen molar-refractivity contribution < 1.29 is 28.6 Å². The first-order chi connectivity index (χ1) is 26.0. The summed E-state index contributed by atoms with van der Waals surface area (Å²) in [5, 5.41) is 0. The summed E-state index contributed by atoms with van der Waals surface area (Å²) in [7, 11) is 0. The van der Waals surface area contributed by atoms with Gasteiger partial charge in [-0.2, -0.15) is 0 Å². The Morgan fingerprint density at radius 1 is 0.396 bits per heavy atom. The molecule has 0 aliphatic heterocycles. The topological polar surface area (TPSA) is 78.9 Å². The van der Waals surface area contributed by atoms with Crippen LogP contribution >= 0.6 is 0 Å². The predicted octanol–water partition coefficient (Wildman–Crippen LogP) is 13.7. The van der Waals surface area contributed by atoms with Crippen LogP contribution in [-0.2, 0) is 28.6 Å². The monoisotopic (exact) mass is 741 g/mol. The maximum absolute atomic E-state index is 12.7. The van der Waals surface area contributed by atoms with Crippen LogP contribution in [-0.4, -0.2) is 37.2 Å². The first-order valence-electron chi connectivity index (χ1n) is 21.8. The molecule has 0 aromatic heterocycles. The lowest BCUT2D eigenvalue weighted by atomic mass is 10.1. The van der Waals surface area contributed by atoms with Crippen LogP contribution in [0.2, 0.25) is 0 Å². The molecule has 0 bridgehead atoms. The molecule has 0 aromatic carbocycles. The second-order valence-electron chi connectivity index (χ2n) is 14.2. The molecular weight excluding hydrogens is 661 g/mol. The van der Waals surface area contributed by atoms with Gasteiger partial charge in [-0.15, -0.1) is 0 Å². The van der Waals surface area contributed by atoms with Crippen LogP contribution in [0.3, 0.4) is 0 Å². The van der Waals surface area contributed by atoms with E-state index in [1.807, 2.05) is 0 Å². The summed E-state index contributed by atoms with van der Waals surface area (Å²) in [4.78, 5) is 37.6. The number of hydrogen-bond acceptors (Lipinski definition) is 6. The zero-order chi connectivity index (χ0) is 38.7. The van der Waals surface area contributed by atoms with Gasteiger partial charge in [0.25, 0.3) is 0 Å². The summed E-state index contributed by atoms with van der Waals surface area (Å²) in [5.74, 6) is -0.933. The molecular formula is C47H80O6. The van der Waals surface area contributed by atoms with Crippen LogP contribution < -0.4 is 0 Å². The molecule has 0 rings (SSSR count). The Labute approximate surface area is 326 Å². The molecule has 0 aliphatic carbocycles. The first-order valence-corrected chi connectivity index (χ1v) is 21.8. The average Bonchev–Trinajstić information content (AvgIpc) is 3.15. The van der Waals surface area contributed by atoms with Gasteiger partial charge in [0.15, 0.2) is 6.10 Å². The van der Waals surface area contributed by atoms with E-state index in [0.717, 1.165) is 122 Å². The van der Waals surface area contributed by atoms with E-state index in [0.29, 0.717) is 19.3 Å². The molecule has 53 heavy (non-hydrogen) atoms. The van der Waals surface area contributed by atoms with Gasteiger partial charge < -0.3 is 14.2 Å². The quantitative estimate of drug-likeness (QED) is 0.0271. The van der Waals surface area contributed by atoms with Crippen LogP contribution in [0.5, 0.6) is 0 Å². The van der Waals surface area contributed by atoms with Gasteiger partial charge in [0, 0.05) is 19.3 Å². The Kier molecular flexibility index (Phi) is 39.6. The molecule has 1 atom stereocenters. The van der Waals surface area contributed by atoms with Crippen molar-refractivity contribution in [2.24, 2.45) is 0 Å². The molecule has 0 radical (unpaired) electrons. The number of esters is 3. The number of rotatable bonds is 38. The van der Waals surface area contributed by atoms with Crippen molar-refractivity contribution in [3.8, 4) is 0 Å². The lowest BCUT2D eigenvalue weighted by Crippen LogP contribution is -2.30. The van der Waals surface area contributed by atoms with Crippen molar-refractivity contribution in [2.75, 3.05) is 13.2 Å². The molecule has 0 spiro atoms. The van der Waals surface area contributed by atoms with Gasteiger partial charge >= 0.3 is 17.9 Å². The normalized spacial score (nSPS) is 12.6. The van der Waals surface area contributed by atoms with Crippen molar-refractivity contribution in [1.29, 1.82) is 0 Å². The lowest BCUT2D eigenvalue weighted by molar-refractivity contribution is -0.167. The van der Waals surface area contributed by atoms with Crippen molar-refractivity contribution in [2.45, 2.75) is 207 Å². The number of hydrogen-bond donors (Lipinski definition) is 0. The van der Waals surface area contributed by atoms with Crippen LogP contribution in [0.25, 0.3) is 0 Å². The van der Waals surface area contributed by atoms with Gasteiger partial charge in [0.05, 0.1) is 0 Å². The molecule has 6 heteroatoms. The molecule has 0 saturated carbocycles. The van der Waals surface area contributed by atoms with E-state index in [1.54, 1.807) is 0 Å². The molecule has 0 saturated heterocycles. The average molecular weight is 741 g/mol. The maximum Gasteiger partial charge on any atom is 0.306 e. The Balaban J connectivity index is 4.42. The molecule has 0 amide bonds. The highest BCUT2D eigenvalue weighted by atomic mass is 16.6. The summed E-state index contributed by atoms with van der Waals surface area (Å²) in [5.41, 5.74) is 0. The van der Waals surface area contributed by atoms with Crippen LogP contribution in [0.4, 0.5) is 0 Å². The molecule has 0 heterocycles. The van der Waals surface area contributed by atoms with Crippen molar-refractivity contribution in [3.05, 3.63) is 60.8 Å². The van der Waals surface area contributed by atoms with E-state index in [1.165, 1.54) is 38.5 Å². The fraction of sp³-hybridized carbons (Fsp3) is 0.723. The minimum atomic E-state index is -0.785. The van der Waals surface area contributed by atoms with Gasteiger partial charge in [-0.1, -0.05) is 165 Å². The largest absolute Gasteiger partial charge is 0.462 e. The van der Waals surface area contributed by atoms with Crippen LogP contribution in [0, 0.1) is 0 Å². The van der Waals surface area contributed by atoms with Crippen molar-refractivity contribution in [3.63, 3.8) is 0 Å². The molecule has 304 valence electrons. The molecule has 0 fully saturated rings. The van der Waals surface area contributed by atoms with E-state index in [9.17, 15) is 14.4 Å². The lowest BCUT2D eigenvalue weighted by Gasteiger charge is -2.18. The second-order valence-corrected chi connectivity index (χ2v) is 14.2. The van der Waals surface area contributed by atoms with Gasteiger partial charge in [0.2, 0.25) is 0 Å². The van der Waals surface area contributed by atoms with E-state index in [4.69, 9.17) is 14.2 Å². The second kappa shape index (κ2) is 41.9. The third-order valence-electron chi connectivity index (χ3n) is 9.02. The fourth-order valence-corrected chi connectivity index (χ4v) is 5.79. The highest BCUT2D eigenvalue weighted by Crippen LogP contribution is 2.13. The third kappa shape index (κ3) is 40.1. The van der Waals surface area contributed by atoms with E-state index in [-0.39, 0.29) is 31.1 Å². The SMILES string of the molecule is CC/C=C\C/C=C\C/C=C\CCCCCCC(=O)OCC(COC(=O)CCCCCCCCCCC)OC(=O)CCCCCCC/C=C\C/C=C\CC. The van der Waals surface area contributed by atoms with Gasteiger partial charge in [-0.25, -0.2) is 0 Å². The molecule has 1 unspecified atom stereocenters. The van der Waals surface area contributed by atoms with E-state index < -0.39 is 6.10 Å². The number of allylic oxidation sites excluding steroid dienone is 10. The number of carbonyl (C=O) groups excluding carboxylic acids is 3. The minimum absolute atomic E-state index is 0.0871. The Hall–Kier alpha value is -2.89.